The van der Waals surface area contributed by atoms with Gasteiger partial charge in [-0.05, 0) is 25.1 Å². The molecule has 1 aromatic rings. The Kier molecular flexibility index (Phi) is 5.55. The molecule has 0 aliphatic rings. The van der Waals surface area contributed by atoms with Crippen molar-refractivity contribution in [2.24, 2.45) is 0 Å². The maximum Gasteiger partial charge on any atom is 0.162 e. The fraction of sp³-hybridized carbons (Fsp3) is 0.455. The van der Waals surface area contributed by atoms with Crippen molar-refractivity contribution in [1.82, 2.24) is 5.32 Å². The van der Waals surface area contributed by atoms with Crippen LogP contribution in [0.3, 0.4) is 0 Å². The molecular weight excluding hydrogens is 277 g/mol. The van der Waals surface area contributed by atoms with Crippen molar-refractivity contribution >= 4 is 15.9 Å². The summed E-state index contributed by atoms with van der Waals surface area (Å²) in [7, 11) is 1.50. The van der Waals surface area contributed by atoms with Crippen molar-refractivity contribution in [3.05, 3.63) is 22.2 Å². The van der Waals surface area contributed by atoms with E-state index in [0.717, 1.165) is 10.0 Å². The third-order valence-corrected chi connectivity index (χ3v) is 2.60. The molecule has 0 saturated heterocycles. The van der Waals surface area contributed by atoms with Crippen molar-refractivity contribution in [3.63, 3.8) is 0 Å². The second-order valence-electron chi connectivity index (χ2n) is 3.34. The highest BCUT2D eigenvalue weighted by Gasteiger charge is 2.09. The van der Waals surface area contributed by atoms with Gasteiger partial charge in [0, 0.05) is 16.6 Å². The van der Waals surface area contributed by atoms with Crippen LogP contribution in [0.2, 0.25) is 0 Å². The molecule has 0 fully saturated rings. The number of ether oxygens (including phenoxy) is 1. The number of aromatic hydroxyl groups is 1. The van der Waals surface area contributed by atoms with E-state index < -0.39 is 0 Å². The number of benzene rings is 1. The van der Waals surface area contributed by atoms with Crippen LogP contribution < -0.4 is 10.1 Å². The van der Waals surface area contributed by atoms with Gasteiger partial charge in [-0.3, -0.25) is 4.39 Å². The van der Waals surface area contributed by atoms with Gasteiger partial charge >= 0.3 is 0 Å². The van der Waals surface area contributed by atoms with E-state index in [1.807, 2.05) is 0 Å². The first-order valence-electron chi connectivity index (χ1n) is 5.01. The van der Waals surface area contributed by atoms with Crippen LogP contribution in [0.25, 0.3) is 0 Å². The summed E-state index contributed by atoms with van der Waals surface area (Å²) in [5, 5.41) is 12.9. The van der Waals surface area contributed by atoms with Gasteiger partial charge in [0.2, 0.25) is 0 Å². The van der Waals surface area contributed by atoms with Gasteiger partial charge in [0.05, 0.1) is 13.8 Å². The quantitative estimate of drug-likeness (QED) is 0.792. The molecule has 0 aliphatic carbocycles. The number of phenols is 1. The number of alkyl halides is 1. The fourth-order valence-corrected chi connectivity index (χ4v) is 1.82. The fourth-order valence-electron chi connectivity index (χ4n) is 1.33. The van der Waals surface area contributed by atoms with Gasteiger partial charge < -0.3 is 15.2 Å². The zero-order chi connectivity index (χ0) is 12.0. The SMILES string of the molecule is COc1cc(Br)cc(CNCCCF)c1O. The van der Waals surface area contributed by atoms with E-state index in [2.05, 4.69) is 21.2 Å². The molecule has 0 unspecified atom stereocenters. The molecule has 0 amide bonds. The molecule has 0 saturated carbocycles. The maximum atomic E-state index is 11.9. The van der Waals surface area contributed by atoms with Gasteiger partial charge in [-0.1, -0.05) is 15.9 Å². The number of rotatable bonds is 6. The topological polar surface area (TPSA) is 41.5 Å². The lowest BCUT2D eigenvalue weighted by Crippen LogP contribution is -2.15. The molecule has 0 radical (unpaired) electrons. The summed E-state index contributed by atoms with van der Waals surface area (Å²) < 4.78 is 17.7. The first kappa shape index (κ1) is 13.3. The molecule has 1 aromatic carbocycles. The Balaban J connectivity index is 2.67. The van der Waals surface area contributed by atoms with Crippen molar-refractivity contribution in [3.8, 4) is 11.5 Å². The minimum absolute atomic E-state index is 0.124. The van der Waals surface area contributed by atoms with Crippen LogP contribution in [0, 0.1) is 0 Å². The number of hydrogen-bond acceptors (Lipinski definition) is 3. The summed E-state index contributed by atoms with van der Waals surface area (Å²) >= 11 is 3.33. The molecule has 0 spiro atoms. The molecule has 90 valence electrons. The van der Waals surface area contributed by atoms with Gasteiger partial charge in [0.1, 0.15) is 0 Å². The first-order chi connectivity index (χ1) is 7.69. The highest BCUT2D eigenvalue weighted by molar-refractivity contribution is 9.10. The highest BCUT2D eigenvalue weighted by atomic mass is 79.9. The average Bonchev–Trinajstić information content (AvgIpc) is 2.28. The molecule has 0 bridgehead atoms. The summed E-state index contributed by atoms with van der Waals surface area (Å²) in [4.78, 5) is 0. The monoisotopic (exact) mass is 291 g/mol. The highest BCUT2D eigenvalue weighted by Crippen LogP contribution is 2.33. The van der Waals surface area contributed by atoms with Crippen LogP contribution in [0.15, 0.2) is 16.6 Å². The van der Waals surface area contributed by atoms with Crippen molar-refractivity contribution in [2.45, 2.75) is 13.0 Å². The molecule has 2 N–H and O–H groups in total. The number of halogens is 2. The van der Waals surface area contributed by atoms with Gasteiger partial charge in [0.25, 0.3) is 0 Å². The minimum Gasteiger partial charge on any atom is -0.504 e. The molecular formula is C11H15BrFNO2. The van der Waals surface area contributed by atoms with E-state index in [1.54, 1.807) is 12.1 Å². The normalized spacial score (nSPS) is 10.4. The zero-order valence-corrected chi connectivity index (χ0v) is 10.7. The number of nitrogens with one attached hydrogen (secondary N) is 1. The second kappa shape index (κ2) is 6.70. The lowest BCUT2D eigenvalue weighted by atomic mass is 10.2. The van der Waals surface area contributed by atoms with Crippen LogP contribution in [0.4, 0.5) is 4.39 Å². The van der Waals surface area contributed by atoms with Crippen molar-refractivity contribution in [2.75, 3.05) is 20.3 Å². The van der Waals surface area contributed by atoms with E-state index >= 15 is 0 Å². The number of phenolic OH excluding ortho intramolecular Hbond substituents is 1. The van der Waals surface area contributed by atoms with Crippen LogP contribution in [-0.4, -0.2) is 25.4 Å². The smallest absolute Gasteiger partial charge is 0.162 e. The van der Waals surface area contributed by atoms with Gasteiger partial charge in [-0.15, -0.1) is 0 Å². The van der Waals surface area contributed by atoms with Crippen LogP contribution in [-0.2, 0) is 6.54 Å². The molecule has 0 atom stereocenters. The predicted octanol–water partition coefficient (Wildman–Crippen LogP) is 2.61. The third kappa shape index (κ3) is 3.64. The van der Waals surface area contributed by atoms with Crippen molar-refractivity contribution in [1.29, 1.82) is 0 Å². The molecule has 0 aliphatic heterocycles. The van der Waals surface area contributed by atoms with E-state index in [0.29, 0.717) is 25.3 Å². The summed E-state index contributed by atoms with van der Waals surface area (Å²) in [6.45, 7) is 0.743. The Bertz CT molecular complexity index is 347. The number of hydrogen-bond donors (Lipinski definition) is 2. The maximum absolute atomic E-state index is 11.9. The Morgan fingerprint density at radius 1 is 1.50 bits per heavy atom. The second-order valence-corrected chi connectivity index (χ2v) is 4.25. The Morgan fingerprint density at radius 2 is 2.25 bits per heavy atom. The molecule has 16 heavy (non-hydrogen) atoms. The predicted molar refractivity (Wildman–Crippen MR) is 64.7 cm³/mol. The lowest BCUT2D eigenvalue weighted by molar-refractivity contribution is 0.369. The van der Waals surface area contributed by atoms with Crippen molar-refractivity contribution < 1.29 is 14.2 Å². The third-order valence-electron chi connectivity index (χ3n) is 2.14. The van der Waals surface area contributed by atoms with Crippen LogP contribution >= 0.6 is 15.9 Å². The summed E-state index contributed by atoms with van der Waals surface area (Å²) in [5.74, 6) is 0.551. The van der Waals surface area contributed by atoms with Gasteiger partial charge in [-0.25, -0.2) is 0 Å². The Hall–Kier alpha value is -0.810. The first-order valence-corrected chi connectivity index (χ1v) is 5.80. The minimum atomic E-state index is -0.333. The van der Waals surface area contributed by atoms with E-state index in [4.69, 9.17) is 4.74 Å². The summed E-state index contributed by atoms with van der Waals surface area (Å²) in [5.41, 5.74) is 0.727. The summed E-state index contributed by atoms with van der Waals surface area (Å²) in [6.07, 6.45) is 0.478. The average molecular weight is 292 g/mol. The van der Waals surface area contributed by atoms with Crippen LogP contribution in [0.1, 0.15) is 12.0 Å². The van der Waals surface area contributed by atoms with Gasteiger partial charge in [-0.2, -0.15) is 0 Å². The standard InChI is InChI=1S/C11H15BrFNO2/c1-16-10-6-9(12)5-8(11(10)15)7-14-4-2-3-13/h5-6,14-15H,2-4,7H2,1H3. The number of methoxy groups -OCH3 is 1. The molecule has 3 nitrogen and oxygen atoms in total. The largest absolute Gasteiger partial charge is 0.504 e. The van der Waals surface area contributed by atoms with E-state index in [-0.39, 0.29) is 12.4 Å². The zero-order valence-electron chi connectivity index (χ0n) is 9.09. The molecule has 0 aromatic heterocycles. The van der Waals surface area contributed by atoms with E-state index in [1.165, 1.54) is 7.11 Å². The van der Waals surface area contributed by atoms with E-state index in [9.17, 15) is 9.50 Å². The lowest BCUT2D eigenvalue weighted by Gasteiger charge is -2.10. The molecule has 1 rings (SSSR count). The Labute approximate surface area is 103 Å². The Morgan fingerprint density at radius 3 is 2.88 bits per heavy atom. The summed E-state index contributed by atoms with van der Waals surface area (Å²) in [6, 6.07) is 3.50. The molecule has 0 heterocycles. The van der Waals surface area contributed by atoms with Gasteiger partial charge in [0.15, 0.2) is 11.5 Å². The van der Waals surface area contributed by atoms with Crippen LogP contribution in [0.5, 0.6) is 11.5 Å². The molecule has 5 heteroatoms.